The fraction of sp³-hybridized carbons (Fsp3) is 0.667. The number of carbonyl (C=O) groups excluding carboxylic acids is 1. The molecule has 0 saturated heterocycles. The summed E-state index contributed by atoms with van der Waals surface area (Å²) in [5, 5.41) is 12.7. The number of amides is 2. The lowest BCUT2D eigenvalue weighted by Gasteiger charge is -2.42. The summed E-state index contributed by atoms with van der Waals surface area (Å²) in [6.07, 6.45) is 1.75. The minimum atomic E-state index is -0.930. The number of rotatable bonds is 7. The van der Waals surface area contributed by atoms with E-state index < -0.39 is 23.4 Å². The topological polar surface area (TPSA) is 118 Å². The first kappa shape index (κ1) is 23.7. The van der Waals surface area contributed by atoms with Gasteiger partial charge >= 0.3 is 6.09 Å². The molecule has 30 heavy (non-hydrogen) atoms. The summed E-state index contributed by atoms with van der Waals surface area (Å²) in [5.74, 6) is -1.26. The number of carboxylic acid groups (broad SMARTS) is 1. The van der Waals surface area contributed by atoms with E-state index in [1.165, 1.54) is 4.90 Å². The molecule has 1 aromatic heterocycles. The van der Waals surface area contributed by atoms with E-state index in [0.717, 1.165) is 6.07 Å². The van der Waals surface area contributed by atoms with Gasteiger partial charge in [0.05, 0.1) is 6.61 Å². The lowest BCUT2D eigenvalue weighted by atomic mass is 9.88. The van der Waals surface area contributed by atoms with Crippen LogP contribution in [0.5, 0.6) is 5.88 Å². The Bertz CT molecular complexity index is 771. The van der Waals surface area contributed by atoms with Gasteiger partial charge in [-0.3, -0.25) is 4.79 Å². The first-order valence-corrected chi connectivity index (χ1v) is 10.3. The van der Waals surface area contributed by atoms with E-state index in [4.69, 9.17) is 10.5 Å². The van der Waals surface area contributed by atoms with E-state index in [2.05, 4.69) is 10.3 Å². The second kappa shape index (κ2) is 9.49. The summed E-state index contributed by atoms with van der Waals surface area (Å²) in [7, 11) is 0. The Hall–Kier alpha value is -2.58. The van der Waals surface area contributed by atoms with Gasteiger partial charge in [0.25, 0.3) is 5.91 Å². The standard InChI is InChI=1S/C21H33FN4O4/c1-12(2)11-30-19-15(17(23)27)10-16(22)18(25-19)24-13-6-8-14(9-7-13)26(20(28)29)21(3,4)5/h10,12-14H,6-9,11H2,1-5H3,(H2,23,27)(H,24,25)(H,28,29)/t13-,14-. The van der Waals surface area contributed by atoms with E-state index in [9.17, 15) is 19.1 Å². The molecule has 0 radical (unpaired) electrons. The van der Waals surface area contributed by atoms with Crippen molar-refractivity contribution in [3.8, 4) is 5.88 Å². The van der Waals surface area contributed by atoms with Crippen LogP contribution < -0.4 is 15.8 Å². The number of nitrogens with one attached hydrogen (secondary N) is 1. The van der Waals surface area contributed by atoms with Crippen molar-refractivity contribution in [2.45, 2.75) is 77.9 Å². The molecule has 1 saturated carbocycles. The molecule has 1 aliphatic rings. The minimum Gasteiger partial charge on any atom is -0.477 e. The Kier molecular flexibility index (Phi) is 7.49. The third-order valence-electron chi connectivity index (χ3n) is 5.09. The average Bonchev–Trinajstić information content (AvgIpc) is 2.61. The number of ether oxygens (including phenoxy) is 1. The van der Waals surface area contributed by atoms with E-state index in [1.54, 1.807) is 0 Å². The molecule has 0 atom stereocenters. The molecule has 168 valence electrons. The van der Waals surface area contributed by atoms with Crippen LogP contribution >= 0.6 is 0 Å². The van der Waals surface area contributed by atoms with Crippen LogP contribution in [0.4, 0.5) is 15.0 Å². The molecular weight excluding hydrogens is 391 g/mol. The molecule has 1 aliphatic carbocycles. The van der Waals surface area contributed by atoms with Gasteiger partial charge in [0.15, 0.2) is 11.6 Å². The highest BCUT2D eigenvalue weighted by atomic mass is 19.1. The van der Waals surface area contributed by atoms with Crippen LogP contribution in [0.3, 0.4) is 0 Å². The molecule has 1 heterocycles. The summed E-state index contributed by atoms with van der Waals surface area (Å²) >= 11 is 0. The van der Waals surface area contributed by atoms with Gasteiger partial charge in [-0.1, -0.05) is 13.8 Å². The molecule has 4 N–H and O–H groups in total. The highest BCUT2D eigenvalue weighted by Crippen LogP contribution is 2.31. The fourth-order valence-electron chi connectivity index (χ4n) is 3.77. The zero-order valence-corrected chi connectivity index (χ0v) is 18.4. The number of carbonyl (C=O) groups is 2. The third-order valence-corrected chi connectivity index (χ3v) is 5.09. The molecule has 2 amide bonds. The number of aromatic nitrogens is 1. The van der Waals surface area contributed by atoms with Gasteiger partial charge < -0.3 is 25.8 Å². The molecule has 0 aromatic carbocycles. The van der Waals surface area contributed by atoms with Crippen LogP contribution in [0.2, 0.25) is 0 Å². The van der Waals surface area contributed by atoms with Crippen LogP contribution in [0, 0.1) is 11.7 Å². The van der Waals surface area contributed by atoms with Crippen molar-refractivity contribution in [3.05, 3.63) is 17.4 Å². The normalized spacial score (nSPS) is 19.4. The number of hydrogen-bond acceptors (Lipinski definition) is 5. The summed E-state index contributed by atoms with van der Waals surface area (Å²) in [6.45, 7) is 9.85. The second-order valence-electron chi connectivity index (χ2n) is 9.21. The number of nitrogens with two attached hydrogens (primary N) is 1. The van der Waals surface area contributed by atoms with Gasteiger partial charge in [0, 0.05) is 17.6 Å². The molecule has 0 spiro atoms. The van der Waals surface area contributed by atoms with Gasteiger partial charge in [0.1, 0.15) is 5.56 Å². The molecule has 0 bridgehead atoms. The molecule has 0 unspecified atom stereocenters. The SMILES string of the molecule is CC(C)COc1nc(N[C@H]2CC[C@H](N(C(=O)O)C(C)(C)C)CC2)c(F)cc1C(N)=O. The summed E-state index contributed by atoms with van der Waals surface area (Å²) < 4.78 is 20.1. The summed E-state index contributed by atoms with van der Waals surface area (Å²) in [4.78, 5) is 29.0. The van der Waals surface area contributed by atoms with Crippen molar-refractivity contribution in [2.24, 2.45) is 11.7 Å². The van der Waals surface area contributed by atoms with Crippen molar-refractivity contribution in [1.29, 1.82) is 0 Å². The second-order valence-corrected chi connectivity index (χ2v) is 9.21. The Morgan fingerprint density at radius 1 is 1.33 bits per heavy atom. The van der Waals surface area contributed by atoms with Crippen molar-refractivity contribution < 1.29 is 23.8 Å². The first-order valence-electron chi connectivity index (χ1n) is 10.3. The van der Waals surface area contributed by atoms with E-state index in [-0.39, 0.29) is 35.3 Å². The monoisotopic (exact) mass is 424 g/mol. The highest BCUT2D eigenvalue weighted by molar-refractivity contribution is 5.95. The molecule has 2 rings (SSSR count). The average molecular weight is 425 g/mol. The predicted octanol–water partition coefficient (Wildman–Crippen LogP) is 3.86. The number of hydrogen-bond donors (Lipinski definition) is 3. The Labute approximate surface area is 177 Å². The number of primary amides is 1. The Morgan fingerprint density at radius 3 is 2.40 bits per heavy atom. The molecule has 1 aromatic rings. The van der Waals surface area contributed by atoms with Crippen molar-refractivity contribution in [1.82, 2.24) is 9.88 Å². The van der Waals surface area contributed by atoms with Crippen LogP contribution in [0.25, 0.3) is 0 Å². The predicted molar refractivity (Wildman–Crippen MR) is 112 cm³/mol. The maximum atomic E-state index is 14.5. The molecule has 9 heteroatoms. The van der Waals surface area contributed by atoms with Crippen molar-refractivity contribution >= 4 is 17.8 Å². The molecule has 0 aliphatic heterocycles. The van der Waals surface area contributed by atoms with Crippen molar-refractivity contribution in [3.63, 3.8) is 0 Å². The van der Waals surface area contributed by atoms with Gasteiger partial charge in [0.2, 0.25) is 5.88 Å². The van der Waals surface area contributed by atoms with Crippen LogP contribution in [-0.2, 0) is 0 Å². The number of anilines is 1. The van der Waals surface area contributed by atoms with Gasteiger partial charge in [-0.2, -0.15) is 4.98 Å². The maximum absolute atomic E-state index is 14.5. The maximum Gasteiger partial charge on any atom is 0.407 e. The lowest BCUT2D eigenvalue weighted by molar-refractivity contribution is 0.0556. The minimum absolute atomic E-state index is 0.00752. The number of halogens is 1. The third kappa shape index (κ3) is 5.96. The zero-order chi connectivity index (χ0) is 22.6. The summed E-state index contributed by atoms with van der Waals surface area (Å²) in [5.41, 5.74) is 4.75. The van der Waals surface area contributed by atoms with Crippen LogP contribution in [0.15, 0.2) is 6.07 Å². The quantitative estimate of drug-likeness (QED) is 0.612. The van der Waals surface area contributed by atoms with Crippen molar-refractivity contribution in [2.75, 3.05) is 11.9 Å². The summed E-state index contributed by atoms with van der Waals surface area (Å²) in [6, 6.07) is 0.904. The largest absolute Gasteiger partial charge is 0.477 e. The fourth-order valence-corrected chi connectivity index (χ4v) is 3.77. The lowest BCUT2D eigenvalue weighted by Crippen LogP contribution is -2.52. The Morgan fingerprint density at radius 2 is 1.93 bits per heavy atom. The van der Waals surface area contributed by atoms with E-state index in [0.29, 0.717) is 32.3 Å². The smallest absolute Gasteiger partial charge is 0.407 e. The van der Waals surface area contributed by atoms with Gasteiger partial charge in [-0.15, -0.1) is 0 Å². The van der Waals surface area contributed by atoms with Gasteiger partial charge in [-0.05, 0) is 58.4 Å². The molecule has 1 fully saturated rings. The van der Waals surface area contributed by atoms with Crippen LogP contribution in [-0.4, -0.2) is 51.2 Å². The van der Waals surface area contributed by atoms with Gasteiger partial charge in [-0.25, -0.2) is 9.18 Å². The molecular formula is C21H33FN4O4. The van der Waals surface area contributed by atoms with E-state index in [1.807, 2.05) is 34.6 Å². The van der Waals surface area contributed by atoms with Crippen LogP contribution in [0.1, 0.15) is 70.7 Å². The first-order chi connectivity index (χ1) is 13.9. The number of nitrogens with zero attached hydrogens (tertiary/aromatic N) is 2. The number of pyridine rings is 1. The molecule has 8 nitrogen and oxygen atoms in total. The Balaban J connectivity index is 2.11. The zero-order valence-electron chi connectivity index (χ0n) is 18.4. The van der Waals surface area contributed by atoms with E-state index >= 15 is 0 Å². The highest BCUT2D eigenvalue weighted by Gasteiger charge is 2.35.